The van der Waals surface area contributed by atoms with E-state index in [0.29, 0.717) is 5.92 Å². The van der Waals surface area contributed by atoms with Crippen molar-refractivity contribution in [1.29, 1.82) is 0 Å². The molecule has 1 aromatic carbocycles. The Kier molecular flexibility index (Phi) is 5.80. The van der Waals surface area contributed by atoms with E-state index in [2.05, 4.69) is 38.1 Å². The Hall–Kier alpha value is -1.24. The highest BCUT2D eigenvalue weighted by Crippen LogP contribution is 2.47. The molecule has 1 heteroatoms. The first-order chi connectivity index (χ1) is 11.3. The summed E-state index contributed by atoms with van der Waals surface area (Å²) < 4.78 is 0. The monoisotopic (exact) mass is 310 g/mol. The Morgan fingerprint density at radius 3 is 2.74 bits per heavy atom. The SMILES string of the molecule is CCCCCCCCC(C)C1CCCC2=C1[N]c1ccccc12. The van der Waals surface area contributed by atoms with Gasteiger partial charge in [-0.05, 0) is 36.8 Å². The third kappa shape index (κ3) is 3.82. The summed E-state index contributed by atoms with van der Waals surface area (Å²) in [5.74, 6) is 1.48. The standard InChI is InChI=1S/C22H32N/c1-3-4-5-6-7-8-12-17(2)18-14-11-15-20-19-13-9-10-16-21(19)23-22(18)20/h9-10,13,16-18H,3-8,11-12,14-15H2,1-2H3. The number of fused-ring (bicyclic) bond motifs is 2. The second kappa shape index (κ2) is 8.04. The molecule has 0 saturated heterocycles. The lowest BCUT2D eigenvalue weighted by molar-refractivity contribution is 0.329. The molecule has 0 saturated carbocycles. The molecule has 1 aromatic rings. The average molecular weight is 311 g/mol. The molecule has 2 unspecified atom stereocenters. The lowest BCUT2D eigenvalue weighted by Crippen LogP contribution is -2.21. The van der Waals surface area contributed by atoms with Crippen molar-refractivity contribution in [3.8, 4) is 0 Å². The first-order valence-corrected chi connectivity index (χ1v) is 9.85. The molecule has 3 rings (SSSR count). The van der Waals surface area contributed by atoms with Crippen LogP contribution in [0.4, 0.5) is 5.69 Å². The number of para-hydroxylation sites is 1. The Balaban J connectivity index is 1.55. The van der Waals surface area contributed by atoms with Gasteiger partial charge in [-0.1, -0.05) is 77.0 Å². The topological polar surface area (TPSA) is 14.1 Å². The number of allylic oxidation sites excluding steroid dienone is 2. The van der Waals surface area contributed by atoms with Crippen LogP contribution in [0.5, 0.6) is 0 Å². The van der Waals surface area contributed by atoms with Gasteiger partial charge in [0.25, 0.3) is 0 Å². The zero-order valence-corrected chi connectivity index (χ0v) is 15.0. The van der Waals surface area contributed by atoms with Crippen LogP contribution < -0.4 is 5.32 Å². The fraction of sp³-hybridized carbons (Fsp3) is 0.636. The Morgan fingerprint density at radius 1 is 1.09 bits per heavy atom. The van der Waals surface area contributed by atoms with Crippen LogP contribution in [0.1, 0.15) is 83.6 Å². The molecule has 1 nitrogen and oxygen atoms in total. The van der Waals surface area contributed by atoms with Crippen molar-refractivity contribution in [3.63, 3.8) is 0 Å². The number of nitrogens with zero attached hydrogens (tertiary/aromatic N) is 1. The second-order valence-corrected chi connectivity index (χ2v) is 7.53. The van der Waals surface area contributed by atoms with Crippen LogP contribution in [-0.2, 0) is 0 Å². The molecule has 1 aliphatic carbocycles. The summed E-state index contributed by atoms with van der Waals surface area (Å²) in [6.07, 6.45) is 13.7. The third-order valence-corrected chi connectivity index (χ3v) is 5.77. The zero-order valence-electron chi connectivity index (χ0n) is 15.0. The summed E-state index contributed by atoms with van der Waals surface area (Å²) in [7, 11) is 0. The highest BCUT2D eigenvalue weighted by atomic mass is 14.9. The van der Waals surface area contributed by atoms with Gasteiger partial charge in [-0.25, -0.2) is 0 Å². The molecule has 0 amide bonds. The van der Waals surface area contributed by atoms with Crippen LogP contribution in [0.3, 0.4) is 0 Å². The van der Waals surface area contributed by atoms with Gasteiger partial charge in [-0.2, -0.15) is 0 Å². The second-order valence-electron chi connectivity index (χ2n) is 7.53. The number of hydrogen-bond donors (Lipinski definition) is 0. The highest BCUT2D eigenvalue weighted by molar-refractivity contribution is 5.82. The number of unbranched alkanes of at least 4 members (excludes halogenated alkanes) is 5. The lowest BCUT2D eigenvalue weighted by atomic mass is 9.77. The maximum atomic E-state index is 5.02. The molecule has 0 aromatic heterocycles. The zero-order chi connectivity index (χ0) is 16.1. The summed E-state index contributed by atoms with van der Waals surface area (Å²) in [6, 6.07) is 8.73. The Labute approximate surface area is 142 Å². The van der Waals surface area contributed by atoms with Gasteiger partial charge in [0.1, 0.15) is 0 Å². The third-order valence-electron chi connectivity index (χ3n) is 5.77. The molecule has 0 fully saturated rings. The van der Waals surface area contributed by atoms with Crippen LogP contribution in [0.2, 0.25) is 0 Å². The Morgan fingerprint density at radius 2 is 1.87 bits per heavy atom. The summed E-state index contributed by atoms with van der Waals surface area (Å²) in [5.41, 5.74) is 5.64. The van der Waals surface area contributed by atoms with Gasteiger partial charge in [0.15, 0.2) is 0 Å². The first-order valence-electron chi connectivity index (χ1n) is 9.85. The van der Waals surface area contributed by atoms with Gasteiger partial charge < -0.3 is 0 Å². The van der Waals surface area contributed by atoms with Crippen LogP contribution in [0, 0.1) is 11.8 Å². The van der Waals surface area contributed by atoms with Crippen LogP contribution in [0.15, 0.2) is 30.0 Å². The molecule has 2 aliphatic rings. The quantitative estimate of drug-likeness (QED) is 0.467. The maximum Gasteiger partial charge on any atom is 0.0708 e. The van der Waals surface area contributed by atoms with E-state index in [1.54, 1.807) is 5.57 Å². The van der Waals surface area contributed by atoms with Crippen molar-refractivity contribution in [2.75, 3.05) is 0 Å². The molecule has 23 heavy (non-hydrogen) atoms. The average Bonchev–Trinajstić information content (AvgIpc) is 2.96. The van der Waals surface area contributed by atoms with Gasteiger partial charge in [-0.3, -0.25) is 5.32 Å². The smallest absolute Gasteiger partial charge is 0.0708 e. The van der Waals surface area contributed by atoms with Crippen LogP contribution in [-0.4, -0.2) is 0 Å². The molecular formula is C22H32N. The number of hydrogen-bond acceptors (Lipinski definition) is 0. The molecule has 125 valence electrons. The molecule has 1 heterocycles. The highest BCUT2D eigenvalue weighted by Gasteiger charge is 2.33. The summed E-state index contributed by atoms with van der Waals surface area (Å²) in [4.78, 5) is 0. The summed E-state index contributed by atoms with van der Waals surface area (Å²) >= 11 is 0. The van der Waals surface area contributed by atoms with E-state index in [9.17, 15) is 0 Å². The molecule has 2 atom stereocenters. The fourth-order valence-corrected chi connectivity index (χ4v) is 4.37. The van der Waals surface area contributed by atoms with Crippen molar-refractivity contribution >= 4 is 11.3 Å². The summed E-state index contributed by atoms with van der Waals surface area (Å²) in [5, 5.41) is 5.02. The van der Waals surface area contributed by atoms with E-state index in [4.69, 9.17) is 5.32 Å². The predicted octanol–water partition coefficient (Wildman–Crippen LogP) is 6.83. The van der Waals surface area contributed by atoms with E-state index in [0.717, 1.165) is 5.92 Å². The van der Waals surface area contributed by atoms with Crippen molar-refractivity contribution in [2.45, 2.75) is 78.1 Å². The molecule has 0 N–H and O–H groups in total. The lowest BCUT2D eigenvalue weighted by Gasteiger charge is -2.29. The van der Waals surface area contributed by atoms with Gasteiger partial charge in [-0.15, -0.1) is 0 Å². The van der Waals surface area contributed by atoms with Gasteiger partial charge in [0.05, 0.1) is 5.69 Å². The van der Waals surface area contributed by atoms with E-state index >= 15 is 0 Å². The largest absolute Gasteiger partial charge is 0.252 e. The molecule has 0 bridgehead atoms. The van der Waals surface area contributed by atoms with E-state index in [-0.39, 0.29) is 0 Å². The van der Waals surface area contributed by atoms with Gasteiger partial charge >= 0.3 is 0 Å². The molecular weight excluding hydrogens is 278 g/mol. The van der Waals surface area contributed by atoms with Crippen molar-refractivity contribution in [3.05, 3.63) is 35.5 Å². The molecule has 1 radical (unpaired) electrons. The Bertz CT molecular complexity index is 543. The van der Waals surface area contributed by atoms with Gasteiger partial charge in [0.2, 0.25) is 0 Å². The van der Waals surface area contributed by atoms with Crippen molar-refractivity contribution in [2.24, 2.45) is 11.8 Å². The fourth-order valence-electron chi connectivity index (χ4n) is 4.37. The van der Waals surface area contributed by atoms with Crippen molar-refractivity contribution in [1.82, 2.24) is 5.32 Å². The predicted molar refractivity (Wildman–Crippen MR) is 99.7 cm³/mol. The minimum Gasteiger partial charge on any atom is -0.252 e. The normalized spacial score (nSPS) is 20.9. The van der Waals surface area contributed by atoms with E-state index in [1.807, 2.05) is 0 Å². The van der Waals surface area contributed by atoms with Crippen LogP contribution in [0.25, 0.3) is 5.57 Å². The molecule has 1 aliphatic heterocycles. The summed E-state index contributed by atoms with van der Waals surface area (Å²) in [6.45, 7) is 4.75. The van der Waals surface area contributed by atoms with Crippen LogP contribution >= 0.6 is 0 Å². The van der Waals surface area contributed by atoms with Gasteiger partial charge in [0, 0.05) is 17.2 Å². The van der Waals surface area contributed by atoms with E-state index in [1.165, 1.54) is 81.2 Å². The maximum absolute atomic E-state index is 5.02. The van der Waals surface area contributed by atoms with E-state index < -0.39 is 0 Å². The minimum atomic E-state index is 0.696. The molecule has 0 spiro atoms. The van der Waals surface area contributed by atoms with Crippen molar-refractivity contribution < 1.29 is 0 Å². The number of benzene rings is 1. The number of rotatable bonds is 8. The first kappa shape index (κ1) is 16.6. The minimum absolute atomic E-state index is 0.696.